The molecule has 1 amide bonds. The predicted molar refractivity (Wildman–Crippen MR) is 79.4 cm³/mol. The number of amides is 1. The van der Waals surface area contributed by atoms with Crippen molar-refractivity contribution in [2.24, 2.45) is 11.3 Å². The molecular formula is C15H23N3O2. The lowest BCUT2D eigenvalue weighted by atomic mass is 9.64. The number of benzene rings is 1. The van der Waals surface area contributed by atoms with Gasteiger partial charge in [0.05, 0.1) is 11.8 Å². The Morgan fingerprint density at radius 3 is 2.65 bits per heavy atom. The number of rotatable bonds is 4. The fourth-order valence-corrected chi connectivity index (χ4v) is 2.74. The zero-order chi connectivity index (χ0) is 14.9. The Labute approximate surface area is 119 Å². The molecule has 20 heavy (non-hydrogen) atoms. The molecule has 1 saturated carbocycles. The van der Waals surface area contributed by atoms with Crippen LogP contribution >= 0.6 is 0 Å². The minimum Gasteiger partial charge on any atom is -0.381 e. The second-order valence-electron chi connectivity index (χ2n) is 5.98. The number of hydrogen-bond acceptors (Lipinski definition) is 4. The van der Waals surface area contributed by atoms with Crippen molar-refractivity contribution in [2.75, 3.05) is 12.5 Å². The first-order valence-electron chi connectivity index (χ1n) is 6.81. The van der Waals surface area contributed by atoms with E-state index in [0.29, 0.717) is 5.56 Å². The molecule has 0 aromatic heterocycles. The summed E-state index contributed by atoms with van der Waals surface area (Å²) < 4.78 is 5.39. The van der Waals surface area contributed by atoms with E-state index >= 15 is 0 Å². The van der Waals surface area contributed by atoms with Gasteiger partial charge in [-0.05, 0) is 37.1 Å². The lowest BCUT2D eigenvalue weighted by Gasteiger charge is -2.51. The van der Waals surface area contributed by atoms with Gasteiger partial charge in [0.1, 0.15) is 0 Å². The summed E-state index contributed by atoms with van der Waals surface area (Å²) in [5.74, 6) is 5.34. The van der Waals surface area contributed by atoms with E-state index in [4.69, 9.17) is 10.6 Å². The second kappa shape index (κ2) is 5.42. The van der Waals surface area contributed by atoms with Crippen molar-refractivity contribution < 1.29 is 9.53 Å². The van der Waals surface area contributed by atoms with Gasteiger partial charge in [0.25, 0.3) is 5.91 Å². The fourth-order valence-electron chi connectivity index (χ4n) is 2.74. The standard InChI is InChI=1S/C15H23N3O2/c1-9-7-10(5-6-11(9)18-16)14(19)17-12-8-13(20-4)15(12,2)3/h5-7,12-13,18H,8,16H2,1-4H3,(H,17,19). The van der Waals surface area contributed by atoms with Crippen LogP contribution in [-0.4, -0.2) is 25.2 Å². The highest BCUT2D eigenvalue weighted by Gasteiger charge is 2.49. The summed E-state index contributed by atoms with van der Waals surface area (Å²) in [4.78, 5) is 12.3. The highest BCUT2D eigenvalue weighted by molar-refractivity contribution is 5.95. The summed E-state index contributed by atoms with van der Waals surface area (Å²) in [5.41, 5.74) is 5.00. The highest BCUT2D eigenvalue weighted by Crippen LogP contribution is 2.42. The molecule has 110 valence electrons. The summed E-state index contributed by atoms with van der Waals surface area (Å²) in [6.07, 6.45) is 1.06. The molecule has 5 nitrogen and oxygen atoms in total. The average Bonchev–Trinajstić information content (AvgIpc) is 2.42. The number of ether oxygens (including phenoxy) is 1. The molecule has 0 aliphatic heterocycles. The zero-order valence-electron chi connectivity index (χ0n) is 12.5. The molecule has 1 fully saturated rings. The molecule has 2 atom stereocenters. The summed E-state index contributed by atoms with van der Waals surface area (Å²) in [6, 6.07) is 5.57. The maximum absolute atomic E-state index is 12.3. The molecule has 1 aliphatic rings. The maximum atomic E-state index is 12.3. The van der Waals surface area contributed by atoms with Gasteiger partial charge >= 0.3 is 0 Å². The van der Waals surface area contributed by atoms with Gasteiger partial charge in [0, 0.05) is 24.1 Å². The van der Waals surface area contributed by atoms with Gasteiger partial charge in [0.15, 0.2) is 0 Å². The van der Waals surface area contributed by atoms with E-state index < -0.39 is 0 Å². The van der Waals surface area contributed by atoms with Gasteiger partial charge in [-0.2, -0.15) is 0 Å². The van der Waals surface area contributed by atoms with Gasteiger partial charge in [-0.3, -0.25) is 10.6 Å². The molecule has 4 N–H and O–H groups in total. The van der Waals surface area contributed by atoms with Gasteiger partial charge in [0.2, 0.25) is 0 Å². The first-order valence-corrected chi connectivity index (χ1v) is 6.81. The first kappa shape index (κ1) is 14.8. The number of nitrogen functional groups attached to an aromatic ring is 1. The van der Waals surface area contributed by atoms with E-state index in [9.17, 15) is 4.79 Å². The van der Waals surface area contributed by atoms with Crippen molar-refractivity contribution in [3.8, 4) is 0 Å². The Bertz CT molecular complexity index is 514. The highest BCUT2D eigenvalue weighted by atomic mass is 16.5. The number of carbonyl (C=O) groups is 1. The monoisotopic (exact) mass is 277 g/mol. The van der Waals surface area contributed by atoms with E-state index in [1.807, 2.05) is 19.1 Å². The zero-order valence-corrected chi connectivity index (χ0v) is 12.5. The predicted octanol–water partition coefficient (Wildman–Crippen LogP) is 1.82. The van der Waals surface area contributed by atoms with Crippen LogP contribution in [0.15, 0.2) is 18.2 Å². The van der Waals surface area contributed by atoms with Crippen molar-refractivity contribution in [1.29, 1.82) is 0 Å². The Morgan fingerprint density at radius 1 is 1.45 bits per heavy atom. The normalized spacial score (nSPS) is 23.9. The molecule has 2 unspecified atom stereocenters. The van der Waals surface area contributed by atoms with Crippen LogP contribution in [0.3, 0.4) is 0 Å². The van der Waals surface area contributed by atoms with E-state index in [2.05, 4.69) is 24.6 Å². The van der Waals surface area contributed by atoms with Crippen molar-refractivity contribution >= 4 is 11.6 Å². The molecule has 1 aromatic carbocycles. The number of nitrogens with one attached hydrogen (secondary N) is 2. The van der Waals surface area contributed by atoms with Gasteiger partial charge < -0.3 is 15.5 Å². The van der Waals surface area contributed by atoms with Crippen LogP contribution in [0, 0.1) is 12.3 Å². The summed E-state index contributed by atoms with van der Waals surface area (Å²) in [5, 5.41) is 3.08. The van der Waals surface area contributed by atoms with Gasteiger partial charge in [-0.1, -0.05) is 13.8 Å². The van der Waals surface area contributed by atoms with E-state index in [0.717, 1.165) is 17.7 Å². The maximum Gasteiger partial charge on any atom is 0.251 e. The largest absolute Gasteiger partial charge is 0.381 e. The molecule has 5 heteroatoms. The molecule has 2 rings (SSSR count). The Balaban J connectivity index is 2.05. The second-order valence-corrected chi connectivity index (χ2v) is 5.98. The van der Waals surface area contributed by atoms with Crippen LogP contribution in [-0.2, 0) is 4.74 Å². The topological polar surface area (TPSA) is 76.4 Å². The molecule has 0 bridgehead atoms. The number of aryl methyl sites for hydroxylation is 1. The van der Waals surface area contributed by atoms with Crippen LogP contribution in [0.4, 0.5) is 5.69 Å². The van der Waals surface area contributed by atoms with E-state index in [1.54, 1.807) is 13.2 Å². The minimum atomic E-state index is -0.0516. The minimum absolute atomic E-state index is 0.0296. The molecule has 0 radical (unpaired) electrons. The smallest absolute Gasteiger partial charge is 0.251 e. The Kier molecular flexibility index (Phi) is 4.01. The summed E-state index contributed by atoms with van der Waals surface area (Å²) in [7, 11) is 1.71. The van der Waals surface area contributed by atoms with Crippen LogP contribution in [0.25, 0.3) is 0 Å². The lowest BCUT2D eigenvalue weighted by Crippen LogP contribution is -2.61. The SMILES string of the molecule is COC1CC(NC(=O)c2ccc(NN)c(C)c2)C1(C)C. The first-order chi connectivity index (χ1) is 9.40. The van der Waals surface area contributed by atoms with Crippen molar-refractivity contribution in [2.45, 2.75) is 39.3 Å². The average molecular weight is 277 g/mol. The molecule has 1 aromatic rings. The van der Waals surface area contributed by atoms with Crippen LogP contribution in [0.1, 0.15) is 36.2 Å². The van der Waals surface area contributed by atoms with Crippen molar-refractivity contribution in [3.05, 3.63) is 29.3 Å². The quantitative estimate of drug-likeness (QED) is 0.579. The van der Waals surface area contributed by atoms with E-state index in [-0.39, 0.29) is 23.5 Å². The number of hydrogen-bond donors (Lipinski definition) is 3. The molecule has 1 aliphatic carbocycles. The van der Waals surface area contributed by atoms with E-state index in [1.165, 1.54) is 0 Å². The van der Waals surface area contributed by atoms with Crippen LogP contribution < -0.4 is 16.6 Å². The van der Waals surface area contributed by atoms with Gasteiger partial charge in [-0.15, -0.1) is 0 Å². The number of anilines is 1. The molecule has 0 saturated heterocycles. The number of carbonyl (C=O) groups excluding carboxylic acids is 1. The number of nitrogens with two attached hydrogens (primary N) is 1. The fraction of sp³-hybridized carbons (Fsp3) is 0.533. The Morgan fingerprint density at radius 2 is 2.15 bits per heavy atom. The number of methoxy groups -OCH3 is 1. The third-order valence-electron chi connectivity index (χ3n) is 4.41. The summed E-state index contributed by atoms with van der Waals surface area (Å²) in [6.45, 7) is 6.14. The van der Waals surface area contributed by atoms with Crippen molar-refractivity contribution in [3.63, 3.8) is 0 Å². The van der Waals surface area contributed by atoms with Crippen LogP contribution in [0.2, 0.25) is 0 Å². The Hall–Kier alpha value is -1.59. The molecular weight excluding hydrogens is 254 g/mol. The van der Waals surface area contributed by atoms with Crippen LogP contribution in [0.5, 0.6) is 0 Å². The lowest BCUT2D eigenvalue weighted by molar-refractivity contribution is -0.0942. The van der Waals surface area contributed by atoms with Gasteiger partial charge in [-0.25, -0.2) is 0 Å². The third-order valence-corrected chi connectivity index (χ3v) is 4.41. The molecule has 0 spiro atoms. The molecule has 0 heterocycles. The third kappa shape index (κ3) is 2.51. The number of hydrazine groups is 1. The summed E-state index contributed by atoms with van der Waals surface area (Å²) >= 11 is 0. The van der Waals surface area contributed by atoms with Crippen molar-refractivity contribution in [1.82, 2.24) is 5.32 Å².